The third-order valence-corrected chi connectivity index (χ3v) is 3.35. The molecule has 0 radical (unpaired) electrons. The van der Waals surface area contributed by atoms with Gasteiger partial charge < -0.3 is 10.6 Å². The van der Waals surface area contributed by atoms with Crippen LogP contribution in [0.15, 0.2) is 6.20 Å². The smallest absolute Gasteiger partial charge is 0.229 e. The quantitative estimate of drug-likeness (QED) is 0.815. The van der Waals surface area contributed by atoms with E-state index in [2.05, 4.69) is 22.7 Å². The molecule has 5 heteroatoms. The van der Waals surface area contributed by atoms with E-state index < -0.39 is 0 Å². The summed E-state index contributed by atoms with van der Waals surface area (Å²) in [4.78, 5) is 12.1. The molecule has 0 unspecified atom stereocenters. The summed E-state index contributed by atoms with van der Waals surface area (Å²) >= 11 is 0. The molecule has 2 heterocycles. The van der Waals surface area contributed by atoms with Crippen LogP contribution in [-0.4, -0.2) is 28.8 Å². The summed E-state index contributed by atoms with van der Waals surface area (Å²) in [5.41, 5.74) is 1.79. The molecule has 0 spiro atoms. The molecule has 1 aromatic rings. The van der Waals surface area contributed by atoms with Gasteiger partial charge in [0.05, 0.1) is 17.3 Å². The molecule has 1 aromatic heterocycles. The van der Waals surface area contributed by atoms with E-state index in [1.807, 2.05) is 20.2 Å². The van der Waals surface area contributed by atoms with Gasteiger partial charge in [-0.25, -0.2) is 0 Å². The highest BCUT2D eigenvalue weighted by molar-refractivity contribution is 5.93. The number of nitrogens with one attached hydrogen (secondary N) is 2. The highest BCUT2D eigenvalue weighted by Gasteiger charge is 2.30. The van der Waals surface area contributed by atoms with Crippen LogP contribution in [0.1, 0.15) is 19.5 Å². The van der Waals surface area contributed by atoms with Gasteiger partial charge in [0, 0.05) is 19.8 Å². The number of amides is 1. The van der Waals surface area contributed by atoms with Gasteiger partial charge in [0.2, 0.25) is 5.91 Å². The van der Waals surface area contributed by atoms with E-state index in [1.165, 1.54) is 0 Å². The van der Waals surface area contributed by atoms with Gasteiger partial charge in [0.15, 0.2) is 0 Å². The molecule has 2 N–H and O–H groups in total. The second-order valence-electron chi connectivity index (χ2n) is 4.75. The summed E-state index contributed by atoms with van der Waals surface area (Å²) in [6.07, 6.45) is 2.69. The normalized spacial score (nSPS) is 23.9. The van der Waals surface area contributed by atoms with E-state index in [4.69, 9.17) is 0 Å². The fraction of sp³-hybridized carbons (Fsp3) is 0.667. The van der Waals surface area contributed by atoms with Crippen molar-refractivity contribution in [2.75, 3.05) is 18.4 Å². The molecule has 2 atom stereocenters. The largest absolute Gasteiger partial charge is 0.323 e. The molecular weight excluding hydrogens is 216 g/mol. The maximum Gasteiger partial charge on any atom is 0.229 e. The fourth-order valence-electron chi connectivity index (χ4n) is 2.29. The summed E-state index contributed by atoms with van der Waals surface area (Å²) in [7, 11) is 1.87. The lowest BCUT2D eigenvalue weighted by Crippen LogP contribution is -2.28. The van der Waals surface area contributed by atoms with Crippen molar-refractivity contribution in [3.05, 3.63) is 11.9 Å². The van der Waals surface area contributed by atoms with E-state index in [0.29, 0.717) is 5.92 Å². The predicted octanol–water partition coefficient (Wildman–Crippen LogP) is 0.776. The van der Waals surface area contributed by atoms with Crippen LogP contribution in [0.25, 0.3) is 0 Å². The Hall–Kier alpha value is -1.36. The Labute approximate surface area is 102 Å². The Bertz CT molecular complexity index is 413. The zero-order valence-electron chi connectivity index (χ0n) is 10.7. The summed E-state index contributed by atoms with van der Waals surface area (Å²) in [5.74, 6) is 0.571. The first-order valence-corrected chi connectivity index (χ1v) is 6.16. The number of nitrogens with zero attached hydrogens (tertiary/aromatic N) is 2. The number of carbonyl (C=O) groups excluding carboxylic acids is 1. The number of aryl methyl sites for hydroxylation is 2. The monoisotopic (exact) mass is 236 g/mol. The average molecular weight is 236 g/mol. The van der Waals surface area contributed by atoms with Crippen molar-refractivity contribution < 1.29 is 4.79 Å². The SMILES string of the molecule is CCc1nn(C)cc1NC(=O)[C@@H]1CNC[C@H]1C. The number of hydrogen-bond acceptors (Lipinski definition) is 3. The van der Waals surface area contributed by atoms with Crippen LogP contribution in [0.4, 0.5) is 5.69 Å². The second kappa shape index (κ2) is 4.87. The molecule has 2 rings (SSSR count). The van der Waals surface area contributed by atoms with Crippen LogP contribution < -0.4 is 10.6 Å². The number of anilines is 1. The van der Waals surface area contributed by atoms with Crippen LogP contribution in [0.3, 0.4) is 0 Å². The lowest BCUT2D eigenvalue weighted by Gasteiger charge is -2.13. The van der Waals surface area contributed by atoms with Crippen LogP contribution in [0, 0.1) is 11.8 Å². The molecule has 17 heavy (non-hydrogen) atoms. The number of rotatable bonds is 3. The van der Waals surface area contributed by atoms with Gasteiger partial charge in [-0.05, 0) is 18.9 Å². The maximum atomic E-state index is 12.1. The molecule has 1 saturated heterocycles. The van der Waals surface area contributed by atoms with E-state index in [-0.39, 0.29) is 11.8 Å². The van der Waals surface area contributed by atoms with Gasteiger partial charge in [0.1, 0.15) is 0 Å². The zero-order chi connectivity index (χ0) is 12.4. The highest BCUT2D eigenvalue weighted by atomic mass is 16.2. The number of aromatic nitrogens is 2. The van der Waals surface area contributed by atoms with E-state index in [0.717, 1.165) is 30.9 Å². The van der Waals surface area contributed by atoms with Crippen molar-refractivity contribution in [2.24, 2.45) is 18.9 Å². The fourth-order valence-corrected chi connectivity index (χ4v) is 2.29. The van der Waals surface area contributed by atoms with Crippen LogP contribution in [0.2, 0.25) is 0 Å². The van der Waals surface area contributed by atoms with Crippen LogP contribution in [0.5, 0.6) is 0 Å². The summed E-state index contributed by atoms with van der Waals surface area (Å²) in [6.45, 7) is 5.84. The molecular formula is C12H20N4O. The second-order valence-corrected chi connectivity index (χ2v) is 4.75. The molecule has 5 nitrogen and oxygen atoms in total. The van der Waals surface area contributed by atoms with Gasteiger partial charge in [-0.2, -0.15) is 5.10 Å². The van der Waals surface area contributed by atoms with Crippen molar-refractivity contribution in [1.82, 2.24) is 15.1 Å². The third kappa shape index (κ3) is 2.49. The van der Waals surface area contributed by atoms with Gasteiger partial charge in [-0.1, -0.05) is 13.8 Å². The molecule has 0 aromatic carbocycles. The Morgan fingerprint density at radius 2 is 2.41 bits per heavy atom. The van der Waals surface area contributed by atoms with Crippen molar-refractivity contribution in [3.8, 4) is 0 Å². The van der Waals surface area contributed by atoms with Gasteiger partial charge in [-0.15, -0.1) is 0 Å². The zero-order valence-corrected chi connectivity index (χ0v) is 10.7. The number of carbonyl (C=O) groups is 1. The molecule has 1 aliphatic heterocycles. The maximum absolute atomic E-state index is 12.1. The predicted molar refractivity (Wildman–Crippen MR) is 66.7 cm³/mol. The van der Waals surface area contributed by atoms with Crippen molar-refractivity contribution in [2.45, 2.75) is 20.3 Å². The van der Waals surface area contributed by atoms with Gasteiger partial charge in [0.25, 0.3) is 0 Å². The Balaban J connectivity index is 2.07. The van der Waals surface area contributed by atoms with Crippen molar-refractivity contribution >= 4 is 11.6 Å². The molecule has 1 aliphatic rings. The Morgan fingerprint density at radius 3 is 3.00 bits per heavy atom. The Kier molecular flexibility index (Phi) is 3.47. The van der Waals surface area contributed by atoms with Crippen LogP contribution >= 0.6 is 0 Å². The molecule has 94 valence electrons. The minimum atomic E-state index is 0.0694. The van der Waals surface area contributed by atoms with Crippen molar-refractivity contribution in [1.29, 1.82) is 0 Å². The lowest BCUT2D eigenvalue weighted by atomic mass is 9.97. The topological polar surface area (TPSA) is 59.0 Å². The molecule has 1 amide bonds. The van der Waals surface area contributed by atoms with E-state index in [1.54, 1.807) is 4.68 Å². The molecule has 0 aliphatic carbocycles. The summed E-state index contributed by atoms with van der Waals surface area (Å²) in [5, 5.41) is 10.5. The Morgan fingerprint density at radius 1 is 1.65 bits per heavy atom. The highest BCUT2D eigenvalue weighted by Crippen LogP contribution is 2.20. The minimum Gasteiger partial charge on any atom is -0.323 e. The minimum absolute atomic E-state index is 0.0694. The lowest BCUT2D eigenvalue weighted by molar-refractivity contribution is -0.120. The number of hydrogen-bond donors (Lipinski definition) is 2. The first kappa shape index (κ1) is 12.1. The van der Waals surface area contributed by atoms with Gasteiger partial charge in [-0.3, -0.25) is 9.48 Å². The third-order valence-electron chi connectivity index (χ3n) is 3.35. The molecule has 1 fully saturated rings. The van der Waals surface area contributed by atoms with Crippen LogP contribution in [-0.2, 0) is 18.3 Å². The standard InChI is InChI=1S/C12H20N4O/c1-4-10-11(7-16(3)15-10)14-12(17)9-6-13-5-8(9)2/h7-9,13H,4-6H2,1-3H3,(H,14,17)/t8-,9-/m1/s1. The summed E-state index contributed by atoms with van der Waals surface area (Å²) < 4.78 is 1.74. The first-order valence-electron chi connectivity index (χ1n) is 6.16. The van der Waals surface area contributed by atoms with E-state index >= 15 is 0 Å². The van der Waals surface area contributed by atoms with E-state index in [9.17, 15) is 4.79 Å². The van der Waals surface area contributed by atoms with Gasteiger partial charge >= 0.3 is 0 Å². The molecule has 0 saturated carbocycles. The first-order chi connectivity index (χ1) is 8.11. The molecule has 0 bridgehead atoms. The average Bonchev–Trinajstić information content (AvgIpc) is 2.84. The summed E-state index contributed by atoms with van der Waals surface area (Å²) in [6, 6.07) is 0. The van der Waals surface area contributed by atoms with Crippen molar-refractivity contribution in [3.63, 3.8) is 0 Å².